The molecule has 1 heterocycles. The minimum Gasteiger partial charge on any atom is -0.348 e. The van der Waals surface area contributed by atoms with Crippen LogP contribution in [0.15, 0.2) is 60.7 Å². The molecule has 0 saturated carbocycles. The van der Waals surface area contributed by atoms with Gasteiger partial charge in [0, 0.05) is 0 Å². The van der Waals surface area contributed by atoms with E-state index >= 15 is 0 Å². The Labute approximate surface area is 99.9 Å². The van der Waals surface area contributed by atoms with E-state index < -0.39 is 5.60 Å². The summed E-state index contributed by atoms with van der Waals surface area (Å²) in [6.07, 6.45) is 10.9. The van der Waals surface area contributed by atoms with E-state index in [0.717, 1.165) is 5.56 Å². The third-order valence-electron chi connectivity index (χ3n) is 3.04. The van der Waals surface area contributed by atoms with Gasteiger partial charge in [-0.15, -0.1) is 0 Å². The van der Waals surface area contributed by atoms with Gasteiger partial charge in [0.1, 0.15) is 6.10 Å². The van der Waals surface area contributed by atoms with Crippen molar-refractivity contribution in [3.63, 3.8) is 0 Å². The molecule has 1 fully saturated rings. The Morgan fingerprint density at radius 1 is 1.24 bits per heavy atom. The standard InChI is InChI=1S/C15H12O2/c16-13(10-9-12-6-2-1-3-7-12)15-11-5-4-8-14(15)17-15/h1-11,14H. The number of carbonyl (C=O) groups is 1. The van der Waals surface area contributed by atoms with Crippen molar-refractivity contribution < 1.29 is 9.53 Å². The molecule has 0 spiro atoms. The number of hydrogen-bond donors (Lipinski definition) is 0. The summed E-state index contributed by atoms with van der Waals surface area (Å²) in [6.45, 7) is 0. The highest BCUT2D eigenvalue weighted by Crippen LogP contribution is 2.42. The minimum atomic E-state index is -0.708. The summed E-state index contributed by atoms with van der Waals surface area (Å²) >= 11 is 0. The van der Waals surface area contributed by atoms with Crippen LogP contribution in [-0.2, 0) is 9.53 Å². The van der Waals surface area contributed by atoms with Gasteiger partial charge in [-0.1, -0.05) is 54.6 Å². The van der Waals surface area contributed by atoms with E-state index in [0.29, 0.717) is 0 Å². The molecule has 3 rings (SSSR count). The number of benzene rings is 1. The first-order chi connectivity index (χ1) is 8.31. The Kier molecular flexibility index (Phi) is 2.30. The van der Waals surface area contributed by atoms with Crippen LogP contribution in [0.3, 0.4) is 0 Å². The van der Waals surface area contributed by atoms with Crippen molar-refractivity contribution >= 4 is 11.9 Å². The van der Waals surface area contributed by atoms with Gasteiger partial charge in [-0.25, -0.2) is 0 Å². The number of ketones is 1. The van der Waals surface area contributed by atoms with E-state index in [4.69, 9.17) is 4.74 Å². The summed E-state index contributed by atoms with van der Waals surface area (Å²) < 4.78 is 5.44. The maximum atomic E-state index is 12.0. The van der Waals surface area contributed by atoms with Crippen molar-refractivity contribution in [2.24, 2.45) is 0 Å². The summed E-state index contributed by atoms with van der Waals surface area (Å²) in [5.41, 5.74) is 0.310. The number of fused-ring (bicyclic) bond motifs is 1. The minimum absolute atomic E-state index is 0.00644. The van der Waals surface area contributed by atoms with Gasteiger partial charge in [0.2, 0.25) is 0 Å². The van der Waals surface area contributed by atoms with Gasteiger partial charge in [0.25, 0.3) is 0 Å². The van der Waals surface area contributed by atoms with E-state index in [1.165, 1.54) is 0 Å². The molecule has 1 aliphatic carbocycles. The molecule has 2 heteroatoms. The molecule has 0 amide bonds. The SMILES string of the molecule is O=C(C=Cc1ccccc1)C12C=CC=CC1O2. The second-order valence-electron chi connectivity index (χ2n) is 4.18. The van der Waals surface area contributed by atoms with Crippen molar-refractivity contribution in [1.29, 1.82) is 0 Å². The summed E-state index contributed by atoms with van der Waals surface area (Å²) in [6, 6.07) is 9.77. The number of ether oxygens (including phenoxy) is 1. The molecular formula is C15H12O2. The lowest BCUT2D eigenvalue weighted by Crippen LogP contribution is -2.23. The maximum Gasteiger partial charge on any atom is 0.194 e. The zero-order valence-electron chi connectivity index (χ0n) is 9.24. The van der Waals surface area contributed by atoms with Crippen LogP contribution in [0, 0.1) is 0 Å². The lowest BCUT2D eigenvalue weighted by atomic mass is 9.95. The number of hydrogen-bond acceptors (Lipinski definition) is 2. The Balaban J connectivity index is 1.75. The normalized spacial score (nSPS) is 29.3. The van der Waals surface area contributed by atoms with Crippen LogP contribution < -0.4 is 0 Å². The summed E-state index contributed by atoms with van der Waals surface area (Å²) in [7, 11) is 0. The molecule has 0 aromatic heterocycles. The average Bonchev–Trinajstić information content (AvgIpc) is 3.13. The fourth-order valence-corrected chi connectivity index (χ4v) is 2.00. The molecule has 2 unspecified atom stereocenters. The Hall–Kier alpha value is -1.93. The summed E-state index contributed by atoms with van der Waals surface area (Å²) in [5, 5.41) is 0. The molecule has 84 valence electrons. The Morgan fingerprint density at radius 2 is 2.06 bits per heavy atom. The lowest BCUT2D eigenvalue weighted by molar-refractivity contribution is -0.117. The predicted octanol–water partition coefficient (Wildman–Crippen LogP) is 2.53. The van der Waals surface area contributed by atoms with Gasteiger partial charge in [-0.05, 0) is 17.7 Å². The van der Waals surface area contributed by atoms with Crippen molar-refractivity contribution in [2.75, 3.05) is 0 Å². The van der Waals surface area contributed by atoms with E-state index in [-0.39, 0.29) is 11.9 Å². The highest BCUT2D eigenvalue weighted by atomic mass is 16.6. The monoisotopic (exact) mass is 224 g/mol. The third-order valence-corrected chi connectivity index (χ3v) is 3.04. The van der Waals surface area contributed by atoms with Crippen molar-refractivity contribution in [1.82, 2.24) is 0 Å². The van der Waals surface area contributed by atoms with Crippen LogP contribution in [-0.4, -0.2) is 17.5 Å². The molecule has 2 nitrogen and oxygen atoms in total. The van der Waals surface area contributed by atoms with Gasteiger partial charge in [-0.3, -0.25) is 4.79 Å². The first-order valence-electron chi connectivity index (χ1n) is 5.63. The largest absolute Gasteiger partial charge is 0.348 e. The van der Waals surface area contributed by atoms with Gasteiger partial charge in [0.05, 0.1) is 0 Å². The maximum absolute atomic E-state index is 12.0. The first-order valence-corrected chi connectivity index (χ1v) is 5.63. The van der Waals surface area contributed by atoms with Crippen LogP contribution in [0.5, 0.6) is 0 Å². The summed E-state index contributed by atoms with van der Waals surface area (Å²) in [4.78, 5) is 12.0. The average molecular weight is 224 g/mol. The van der Waals surface area contributed by atoms with E-state index in [9.17, 15) is 4.79 Å². The molecule has 17 heavy (non-hydrogen) atoms. The smallest absolute Gasteiger partial charge is 0.194 e. The van der Waals surface area contributed by atoms with E-state index in [1.54, 1.807) is 6.08 Å². The lowest BCUT2D eigenvalue weighted by Gasteiger charge is -2.03. The second kappa shape index (κ2) is 3.82. The fourth-order valence-electron chi connectivity index (χ4n) is 2.00. The molecule has 0 radical (unpaired) electrons. The van der Waals surface area contributed by atoms with E-state index in [2.05, 4.69) is 0 Å². The number of carbonyl (C=O) groups excluding carboxylic acids is 1. The van der Waals surface area contributed by atoms with Crippen molar-refractivity contribution in [2.45, 2.75) is 11.7 Å². The van der Waals surface area contributed by atoms with Crippen molar-refractivity contribution in [3.8, 4) is 0 Å². The van der Waals surface area contributed by atoms with E-state index in [1.807, 2.05) is 60.7 Å². The van der Waals surface area contributed by atoms with Crippen molar-refractivity contribution in [3.05, 3.63) is 66.3 Å². The van der Waals surface area contributed by atoms with Crippen LogP contribution in [0.25, 0.3) is 6.08 Å². The van der Waals surface area contributed by atoms with Gasteiger partial charge in [0.15, 0.2) is 11.4 Å². The topological polar surface area (TPSA) is 29.6 Å². The Bertz CT molecular complexity index is 525. The molecule has 1 aliphatic heterocycles. The molecule has 2 aliphatic rings. The molecule has 0 N–H and O–H groups in total. The third kappa shape index (κ3) is 1.77. The number of rotatable bonds is 3. The molecular weight excluding hydrogens is 212 g/mol. The van der Waals surface area contributed by atoms with Gasteiger partial charge in [-0.2, -0.15) is 0 Å². The zero-order chi connectivity index (χ0) is 11.7. The fraction of sp³-hybridized carbons (Fsp3) is 0.133. The first kappa shape index (κ1) is 10.2. The van der Waals surface area contributed by atoms with Crippen LogP contribution in [0.4, 0.5) is 0 Å². The predicted molar refractivity (Wildman–Crippen MR) is 66.4 cm³/mol. The van der Waals surface area contributed by atoms with Gasteiger partial charge >= 0.3 is 0 Å². The summed E-state index contributed by atoms with van der Waals surface area (Å²) in [5.74, 6) is 0.00644. The highest BCUT2D eigenvalue weighted by Gasteiger charge is 2.58. The van der Waals surface area contributed by atoms with Crippen LogP contribution in [0.1, 0.15) is 5.56 Å². The van der Waals surface area contributed by atoms with Crippen LogP contribution in [0.2, 0.25) is 0 Å². The van der Waals surface area contributed by atoms with Gasteiger partial charge < -0.3 is 4.74 Å². The molecule has 1 aromatic carbocycles. The molecule has 2 atom stereocenters. The Morgan fingerprint density at radius 3 is 2.82 bits per heavy atom. The van der Waals surface area contributed by atoms with Crippen LogP contribution >= 0.6 is 0 Å². The second-order valence-corrected chi connectivity index (χ2v) is 4.18. The molecule has 1 aromatic rings. The molecule has 1 saturated heterocycles. The zero-order valence-corrected chi connectivity index (χ0v) is 9.24. The number of epoxide rings is 1. The quantitative estimate of drug-likeness (QED) is 0.583. The molecule has 0 bridgehead atoms. The highest BCUT2D eigenvalue weighted by molar-refractivity contribution is 6.04. The number of allylic oxidation sites excluding steroid dienone is 2.